The van der Waals surface area contributed by atoms with Gasteiger partial charge in [-0.25, -0.2) is 4.79 Å². The lowest BCUT2D eigenvalue weighted by molar-refractivity contribution is -0.138. The van der Waals surface area contributed by atoms with Crippen molar-refractivity contribution in [2.24, 2.45) is 0 Å². The number of carbonyl (C=O) groups excluding carboxylic acids is 1. The highest BCUT2D eigenvalue weighted by atomic mass is 19.4. The molecule has 0 saturated carbocycles. The average Bonchev–Trinajstić information content (AvgIpc) is 2.62. The van der Waals surface area contributed by atoms with Gasteiger partial charge in [0.05, 0.1) is 12.2 Å². The first-order valence-electron chi connectivity index (χ1n) is 8.24. The third-order valence-electron chi connectivity index (χ3n) is 3.35. The van der Waals surface area contributed by atoms with Gasteiger partial charge in [0, 0.05) is 6.08 Å². The van der Waals surface area contributed by atoms with Gasteiger partial charge in [-0.15, -0.1) is 0 Å². The Labute approximate surface area is 155 Å². The van der Waals surface area contributed by atoms with E-state index < -0.39 is 17.7 Å². The summed E-state index contributed by atoms with van der Waals surface area (Å²) in [6.07, 6.45) is -1.85. The molecular weight excluding hydrogens is 361 g/mol. The van der Waals surface area contributed by atoms with E-state index in [1.54, 1.807) is 44.2 Å². The zero-order valence-electron chi connectivity index (χ0n) is 14.8. The first kappa shape index (κ1) is 20.4. The van der Waals surface area contributed by atoms with Crippen LogP contribution in [0.25, 0.3) is 0 Å². The third kappa shape index (κ3) is 6.69. The van der Waals surface area contributed by atoms with Gasteiger partial charge >= 0.3 is 12.1 Å². The van der Waals surface area contributed by atoms with Gasteiger partial charge in [-0.05, 0) is 68.5 Å². The molecule has 4 nitrogen and oxygen atoms in total. The van der Waals surface area contributed by atoms with Crippen molar-refractivity contribution >= 4 is 5.97 Å². The molecule has 0 aromatic heterocycles. The monoisotopic (exact) mass is 380 g/mol. The first-order chi connectivity index (χ1) is 12.8. The lowest BCUT2D eigenvalue weighted by Crippen LogP contribution is -2.09. The molecule has 2 rings (SSSR count). The zero-order valence-corrected chi connectivity index (χ0v) is 14.8. The number of ether oxygens (including phenoxy) is 3. The molecule has 144 valence electrons. The number of rotatable bonds is 7. The molecule has 2 aromatic carbocycles. The number of benzene rings is 2. The average molecular weight is 380 g/mol. The Balaban J connectivity index is 1.92. The molecule has 0 aliphatic heterocycles. The van der Waals surface area contributed by atoms with E-state index in [2.05, 4.69) is 0 Å². The SMILES string of the molecule is CCOC(=O)C=CC(C)Oc1ccc(Oc2ccc(C(F)(F)F)cc2)cc1. The van der Waals surface area contributed by atoms with E-state index in [1.165, 1.54) is 18.2 Å². The molecule has 0 aliphatic rings. The number of hydrogen-bond donors (Lipinski definition) is 0. The van der Waals surface area contributed by atoms with Crippen LogP contribution in [0, 0.1) is 0 Å². The van der Waals surface area contributed by atoms with Crippen LogP contribution in [0.3, 0.4) is 0 Å². The van der Waals surface area contributed by atoms with Crippen LogP contribution in [-0.2, 0) is 15.7 Å². The molecule has 1 atom stereocenters. The Morgan fingerprint density at radius 2 is 1.52 bits per heavy atom. The number of alkyl halides is 3. The molecule has 0 bridgehead atoms. The van der Waals surface area contributed by atoms with Gasteiger partial charge in [-0.2, -0.15) is 13.2 Å². The zero-order chi connectivity index (χ0) is 19.9. The van der Waals surface area contributed by atoms with Gasteiger partial charge in [-0.1, -0.05) is 0 Å². The molecule has 0 saturated heterocycles. The summed E-state index contributed by atoms with van der Waals surface area (Å²) in [6.45, 7) is 3.79. The van der Waals surface area contributed by atoms with Gasteiger partial charge in [0.1, 0.15) is 23.4 Å². The van der Waals surface area contributed by atoms with E-state index in [1.807, 2.05) is 0 Å². The van der Waals surface area contributed by atoms with E-state index in [9.17, 15) is 18.0 Å². The van der Waals surface area contributed by atoms with Gasteiger partial charge in [0.2, 0.25) is 0 Å². The Bertz CT molecular complexity index is 765. The molecule has 0 amide bonds. The van der Waals surface area contributed by atoms with Crippen molar-refractivity contribution in [2.75, 3.05) is 6.61 Å². The van der Waals surface area contributed by atoms with Crippen molar-refractivity contribution in [1.82, 2.24) is 0 Å². The lowest BCUT2D eigenvalue weighted by Gasteiger charge is -2.12. The van der Waals surface area contributed by atoms with Crippen LogP contribution < -0.4 is 9.47 Å². The minimum Gasteiger partial charge on any atom is -0.487 e. The third-order valence-corrected chi connectivity index (χ3v) is 3.35. The van der Waals surface area contributed by atoms with E-state index in [-0.39, 0.29) is 6.10 Å². The Morgan fingerprint density at radius 3 is 2.04 bits per heavy atom. The Kier molecular flexibility index (Phi) is 6.87. The van der Waals surface area contributed by atoms with E-state index in [0.29, 0.717) is 23.9 Å². The molecule has 1 unspecified atom stereocenters. The van der Waals surface area contributed by atoms with Crippen LogP contribution in [0.15, 0.2) is 60.7 Å². The largest absolute Gasteiger partial charge is 0.487 e. The number of hydrogen-bond acceptors (Lipinski definition) is 4. The van der Waals surface area contributed by atoms with Crippen molar-refractivity contribution in [3.8, 4) is 17.2 Å². The minimum absolute atomic E-state index is 0.294. The lowest BCUT2D eigenvalue weighted by atomic mass is 10.2. The maximum Gasteiger partial charge on any atom is 0.416 e. The van der Waals surface area contributed by atoms with Gasteiger partial charge in [-0.3, -0.25) is 0 Å². The van der Waals surface area contributed by atoms with Crippen molar-refractivity contribution in [2.45, 2.75) is 26.1 Å². The molecular formula is C20H19F3O4. The van der Waals surface area contributed by atoms with Crippen molar-refractivity contribution < 1.29 is 32.2 Å². The second-order valence-electron chi connectivity index (χ2n) is 5.53. The van der Waals surface area contributed by atoms with E-state index >= 15 is 0 Å². The summed E-state index contributed by atoms with van der Waals surface area (Å²) in [5.41, 5.74) is -0.733. The van der Waals surface area contributed by atoms with Crippen molar-refractivity contribution in [1.29, 1.82) is 0 Å². The molecule has 0 fully saturated rings. The summed E-state index contributed by atoms with van der Waals surface area (Å²) in [4.78, 5) is 11.3. The van der Waals surface area contributed by atoms with Gasteiger partial charge in [0.25, 0.3) is 0 Å². The fraction of sp³-hybridized carbons (Fsp3) is 0.250. The quantitative estimate of drug-likeness (QED) is 0.478. The predicted octanol–water partition coefficient (Wildman–Crippen LogP) is 5.38. The van der Waals surface area contributed by atoms with Crippen LogP contribution in [0.1, 0.15) is 19.4 Å². The summed E-state index contributed by atoms with van der Waals surface area (Å²) in [5, 5.41) is 0. The molecule has 27 heavy (non-hydrogen) atoms. The second-order valence-corrected chi connectivity index (χ2v) is 5.53. The van der Waals surface area contributed by atoms with E-state index in [4.69, 9.17) is 14.2 Å². The fourth-order valence-corrected chi connectivity index (χ4v) is 2.09. The van der Waals surface area contributed by atoms with Crippen molar-refractivity contribution in [3.63, 3.8) is 0 Å². The van der Waals surface area contributed by atoms with Crippen LogP contribution in [0.2, 0.25) is 0 Å². The molecule has 2 aromatic rings. The molecule has 0 N–H and O–H groups in total. The first-order valence-corrected chi connectivity index (χ1v) is 8.24. The fourth-order valence-electron chi connectivity index (χ4n) is 2.09. The highest BCUT2D eigenvalue weighted by Gasteiger charge is 2.30. The van der Waals surface area contributed by atoms with Gasteiger partial charge in [0.15, 0.2) is 0 Å². The highest BCUT2D eigenvalue weighted by molar-refractivity contribution is 5.81. The normalized spacial score (nSPS) is 12.6. The topological polar surface area (TPSA) is 44.8 Å². The molecule has 7 heteroatoms. The summed E-state index contributed by atoms with van der Waals surface area (Å²) < 4.78 is 53.6. The molecule has 0 radical (unpaired) electrons. The minimum atomic E-state index is -4.38. The second kappa shape index (κ2) is 9.12. The highest BCUT2D eigenvalue weighted by Crippen LogP contribution is 2.31. The van der Waals surface area contributed by atoms with Crippen LogP contribution in [0.5, 0.6) is 17.2 Å². The van der Waals surface area contributed by atoms with Crippen LogP contribution >= 0.6 is 0 Å². The van der Waals surface area contributed by atoms with Gasteiger partial charge < -0.3 is 14.2 Å². The maximum absolute atomic E-state index is 12.5. The standard InChI is InChI=1S/C20H19F3O4/c1-3-25-19(24)13-4-14(2)26-16-9-11-18(12-10-16)27-17-7-5-15(6-8-17)20(21,22)23/h4-14H,3H2,1-2H3. The Hall–Kier alpha value is -2.96. The van der Waals surface area contributed by atoms with Crippen LogP contribution in [0.4, 0.5) is 13.2 Å². The maximum atomic E-state index is 12.5. The van der Waals surface area contributed by atoms with Crippen molar-refractivity contribution in [3.05, 3.63) is 66.2 Å². The Morgan fingerprint density at radius 1 is 1.00 bits per heavy atom. The summed E-state index contributed by atoms with van der Waals surface area (Å²) in [5.74, 6) is 0.864. The number of halogens is 3. The smallest absolute Gasteiger partial charge is 0.416 e. The summed E-state index contributed by atoms with van der Waals surface area (Å²) >= 11 is 0. The van der Waals surface area contributed by atoms with Crippen LogP contribution in [-0.4, -0.2) is 18.7 Å². The molecule has 0 heterocycles. The molecule has 0 aliphatic carbocycles. The number of carbonyl (C=O) groups is 1. The van der Waals surface area contributed by atoms with E-state index in [0.717, 1.165) is 12.1 Å². The number of esters is 1. The summed E-state index contributed by atoms with van der Waals surface area (Å²) in [7, 11) is 0. The molecule has 0 spiro atoms. The predicted molar refractivity (Wildman–Crippen MR) is 93.8 cm³/mol. The summed E-state index contributed by atoms with van der Waals surface area (Å²) in [6, 6.07) is 11.0.